The molecule has 2 aliphatic rings. The van der Waals surface area contributed by atoms with E-state index in [0.717, 1.165) is 24.8 Å². The smallest absolute Gasteiger partial charge is 0.408 e. The average Bonchev–Trinajstić information content (AvgIpc) is 3.20. The Balaban J connectivity index is 1.66. The van der Waals surface area contributed by atoms with Crippen molar-refractivity contribution in [2.24, 2.45) is 17.6 Å². The van der Waals surface area contributed by atoms with E-state index in [4.69, 9.17) is 10.5 Å². The number of rotatable bonds is 12. The predicted molar refractivity (Wildman–Crippen MR) is 132 cm³/mol. The zero-order valence-corrected chi connectivity index (χ0v) is 21.0. The number of aliphatic hydroxyl groups is 1. The van der Waals surface area contributed by atoms with Crippen LogP contribution < -0.4 is 21.7 Å². The number of aliphatic hydroxyl groups excluding tert-OH is 1. The van der Waals surface area contributed by atoms with E-state index < -0.39 is 47.6 Å². The Kier molecular flexibility index (Phi) is 9.31. The van der Waals surface area contributed by atoms with Crippen LogP contribution in [0.3, 0.4) is 0 Å². The lowest BCUT2D eigenvalue weighted by molar-refractivity contribution is -0.132. The quantitative estimate of drug-likeness (QED) is 0.288. The lowest BCUT2D eigenvalue weighted by atomic mass is 9.76. The Morgan fingerprint density at radius 3 is 2.42 bits per heavy atom. The number of hydrogen-bond acceptors (Lipinski definition) is 6. The highest BCUT2D eigenvalue weighted by molar-refractivity contribution is 5.87. The van der Waals surface area contributed by atoms with Gasteiger partial charge in [0.1, 0.15) is 11.6 Å². The molecule has 36 heavy (non-hydrogen) atoms. The van der Waals surface area contributed by atoms with Crippen molar-refractivity contribution >= 4 is 23.8 Å². The summed E-state index contributed by atoms with van der Waals surface area (Å²) < 4.78 is 5.85. The van der Waals surface area contributed by atoms with E-state index in [-0.39, 0.29) is 18.2 Å². The normalized spacial score (nSPS) is 21.0. The van der Waals surface area contributed by atoms with Crippen molar-refractivity contribution in [2.45, 2.75) is 82.6 Å². The van der Waals surface area contributed by atoms with Crippen molar-refractivity contribution in [1.82, 2.24) is 16.0 Å². The number of primary amides is 1. The lowest BCUT2D eigenvalue weighted by Crippen LogP contribution is -2.57. The Hall–Kier alpha value is -3.14. The van der Waals surface area contributed by atoms with Crippen molar-refractivity contribution in [1.29, 1.82) is 0 Å². The van der Waals surface area contributed by atoms with Gasteiger partial charge in [0, 0.05) is 18.9 Å². The van der Waals surface area contributed by atoms with E-state index in [1.54, 1.807) is 0 Å². The molecular weight excluding hydrogens is 464 g/mol. The van der Waals surface area contributed by atoms with Gasteiger partial charge in [0.05, 0.1) is 6.04 Å². The first kappa shape index (κ1) is 27.4. The number of alkyl carbamates (subject to hydrolysis) is 1. The second-order valence-corrected chi connectivity index (χ2v) is 10.4. The molecule has 10 heteroatoms. The van der Waals surface area contributed by atoms with E-state index >= 15 is 0 Å². The Morgan fingerprint density at radius 1 is 1.19 bits per heavy atom. The molecule has 6 N–H and O–H groups in total. The molecule has 1 aliphatic carbocycles. The molecular formula is C26H38N4O6. The summed E-state index contributed by atoms with van der Waals surface area (Å²) in [6.07, 6.45) is 1.58. The van der Waals surface area contributed by atoms with Gasteiger partial charge in [0.2, 0.25) is 17.7 Å². The summed E-state index contributed by atoms with van der Waals surface area (Å²) in [5, 5.41) is 18.4. The largest absolute Gasteiger partial charge is 0.443 e. The van der Waals surface area contributed by atoms with Crippen LogP contribution >= 0.6 is 0 Å². The third kappa shape index (κ3) is 7.43. The van der Waals surface area contributed by atoms with Gasteiger partial charge in [-0.05, 0) is 50.0 Å². The SMILES string of the molecule is CC(C)C[C@H](NC(=O)OC1(Cc2ccccc2)CCC1)C(=O)N[C@@H](C[C@@H]1CCNC1=O)C(O)C(N)=O. The van der Waals surface area contributed by atoms with Crippen LogP contribution in [0.15, 0.2) is 30.3 Å². The standard InChI is InChI=1S/C26H38N4O6/c1-16(2)13-20(24(34)29-19(21(31)22(27)32)14-18-9-12-28-23(18)33)30-25(35)36-26(10-6-11-26)15-17-7-4-3-5-8-17/h3-5,7-8,16,18-21,31H,6,9-15H2,1-2H3,(H2,27,32)(H,28,33)(H,29,34)(H,30,35)/t18-,19-,20-,21?/m0/s1. The summed E-state index contributed by atoms with van der Waals surface area (Å²) in [4.78, 5) is 49.8. The van der Waals surface area contributed by atoms with E-state index in [0.29, 0.717) is 25.8 Å². The molecule has 0 bridgehead atoms. The predicted octanol–water partition coefficient (Wildman–Crippen LogP) is 1.15. The fourth-order valence-corrected chi connectivity index (χ4v) is 4.85. The van der Waals surface area contributed by atoms with Crippen LogP contribution in [0.4, 0.5) is 4.79 Å². The monoisotopic (exact) mass is 502 g/mol. The number of carbonyl (C=O) groups excluding carboxylic acids is 4. The van der Waals surface area contributed by atoms with Gasteiger partial charge >= 0.3 is 6.09 Å². The van der Waals surface area contributed by atoms with Crippen LogP contribution in [0.1, 0.15) is 57.9 Å². The molecule has 1 unspecified atom stereocenters. The van der Waals surface area contributed by atoms with Crippen molar-refractivity contribution in [3.05, 3.63) is 35.9 Å². The molecule has 1 heterocycles. The lowest BCUT2D eigenvalue weighted by Gasteiger charge is -2.41. The fourth-order valence-electron chi connectivity index (χ4n) is 4.85. The summed E-state index contributed by atoms with van der Waals surface area (Å²) in [5.41, 5.74) is 5.75. The number of carbonyl (C=O) groups is 4. The van der Waals surface area contributed by atoms with Gasteiger partial charge in [-0.2, -0.15) is 0 Å². The molecule has 10 nitrogen and oxygen atoms in total. The van der Waals surface area contributed by atoms with Gasteiger partial charge in [-0.3, -0.25) is 14.4 Å². The van der Waals surface area contributed by atoms with Crippen molar-refractivity contribution in [3.63, 3.8) is 0 Å². The molecule has 4 amide bonds. The summed E-state index contributed by atoms with van der Waals surface area (Å²) in [6.45, 7) is 4.31. The highest BCUT2D eigenvalue weighted by Gasteiger charge is 2.42. The molecule has 0 radical (unpaired) electrons. The first-order valence-electron chi connectivity index (χ1n) is 12.7. The van der Waals surface area contributed by atoms with Crippen LogP contribution in [-0.2, 0) is 25.5 Å². The van der Waals surface area contributed by atoms with Gasteiger partial charge in [-0.15, -0.1) is 0 Å². The first-order valence-corrected chi connectivity index (χ1v) is 12.7. The maximum absolute atomic E-state index is 13.2. The van der Waals surface area contributed by atoms with Crippen LogP contribution in [0.2, 0.25) is 0 Å². The highest BCUT2D eigenvalue weighted by atomic mass is 16.6. The second-order valence-electron chi connectivity index (χ2n) is 10.4. The van der Waals surface area contributed by atoms with Crippen LogP contribution in [0.5, 0.6) is 0 Å². The molecule has 0 aromatic heterocycles. The molecule has 198 valence electrons. The molecule has 4 atom stereocenters. The highest BCUT2D eigenvalue weighted by Crippen LogP contribution is 2.38. The number of amides is 4. The second kappa shape index (κ2) is 12.2. The van der Waals surface area contributed by atoms with Gasteiger partial charge < -0.3 is 31.5 Å². The Bertz CT molecular complexity index is 934. The Labute approximate surface area is 211 Å². The molecule has 2 fully saturated rings. The number of nitrogens with one attached hydrogen (secondary N) is 3. The molecule has 1 saturated heterocycles. The fraction of sp³-hybridized carbons (Fsp3) is 0.615. The first-order chi connectivity index (χ1) is 17.1. The third-order valence-corrected chi connectivity index (χ3v) is 6.96. The molecule has 1 aliphatic heterocycles. The zero-order chi connectivity index (χ0) is 26.3. The van der Waals surface area contributed by atoms with Crippen molar-refractivity contribution in [2.75, 3.05) is 6.54 Å². The van der Waals surface area contributed by atoms with Gasteiger partial charge in [-0.1, -0.05) is 44.2 Å². The topological polar surface area (TPSA) is 160 Å². The van der Waals surface area contributed by atoms with Crippen molar-refractivity contribution in [3.8, 4) is 0 Å². The van der Waals surface area contributed by atoms with Crippen LogP contribution in [-0.4, -0.2) is 59.3 Å². The minimum atomic E-state index is -1.67. The molecule has 1 saturated carbocycles. The van der Waals surface area contributed by atoms with Crippen LogP contribution in [0.25, 0.3) is 0 Å². The van der Waals surface area contributed by atoms with E-state index in [1.807, 2.05) is 44.2 Å². The van der Waals surface area contributed by atoms with Gasteiger partial charge in [-0.25, -0.2) is 4.79 Å². The number of ether oxygens (including phenoxy) is 1. The van der Waals surface area contributed by atoms with E-state index in [2.05, 4.69) is 16.0 Å². The summed E-state index contributed by atoms with van der Waals surface area (Å²) >= 11 is 0. The molecule has 1 aromatic rings. The van der Waals surface area contributed by atoms with Crippen LogP contribution in [0, 0.1) is 11.8 Å². The average molecular weight is 503 g/mol. The number of benzene rings is 1. The van der Waals surface area contributed by atoms with E-state index in [1.165, 1.54) is 0 Å². The molecule has 0 spiro atoms. The molecule has 3 rings (SSSR count). The Morgan fingerprint density at radius 2 is 1.89 bits per heavy atom. The van der Waals surface area contributed by atoms with E-state index in [9.17, 15) is 24.3 Å². The summed E-state index contributed by atoms with van der Waals surface area (Å²) in [7, 11) is 0. The van der Waals surface area contributed by atoms with Gasteiger partial charge in [0.25, 0.3) is 0 Å². The molecule has 1 aromatic carbocycles. The number of hydrogen-bond donors (Lipinski definition) is 5. The van der Waals surface area contributed by atoms with Crippen molar-refractivity contribution < 1.29 is 29.0 Å². The van der Waals surface area contributed by atoms with Gasteiger partial charge in [0.15, 0.2) is 6.10 Å². The minimum absolute atomic E-state index is 0.0563. The maximum Gasteiger partial charge on any atom is 0.408 e. The summed E-state index contributed by atoms with van der Waals surface area (Å²) in [6, 6.07) is 7.78. The summed E-state index contributed by atoms with van der Waals surface area (Å²) in [5.74, 6) is -2.17. The zero-order valence-electron chi connectivity index (χ0n) is 21.0. The minimum Gasteiger partial charge on any atom is -0.443 e. The maximum atomic E-state index is 13.2. The third-order valence-electron chi connectivity index (χ3n) is 6.96. The number of nitrogens with two attached hydrogens (primary N) is 1.